The van der Waals surface area contributed by atoms with E-state index in [9.17, 15) is 4.79 Å². The highest BCUT2D eigenvalue weighted by atomic mass is 127. The molecule has 0 aliphatic carbocycles. The molecule has 0 saturated heterocycles. The van der Waals surface area contributed by atoms with E-state index in [2.05, 4.69) is 22.6 Å². The number of rotatable bonds is 1. The first kappa shape index (κ1) is 8.78. The lowest BCUT2D eigenvalue weighted by Gasteiger charge is -1.99. The van der Waals surface area contributed by atoms with Gasteiger partial charge in [0.15, 0.2) is 7.85 Å². The summed E-state index contributed by atoms with van der Waals surface area (Å²) in [5.41, 5.74) is 2.14. The SMILES string of the molecule is BC(=O)c1ccc(C)c(I)c1. The molecule has 0 spiro atoms. The Kier molecular flexibility index (Phi) is 2.70. The lowest BCUT2D eigenvalue weighted by Crippen LogP contribution is -1.97. The highest BCUT2D eigenvalue weighted by molar-refractivity contribution is 14.1. The molecule has 1 aromatic carbocycles. The Morgan fingerprint density at radius 2 is 2.18 bits per heavy atom. The molecule has 0 aliphatic rings. The molecule has 0 unspecified atom stereocenters. The highest BCUT2D eigenvalue weighted by Crippen LogP contribution is 2.12. The van der Waals surface area contributed by atoms with Crippen molar-refractivity contribution in [1.82, 2.24) is 0 Å². The van der Waals surface area contributed by atoms with Crippen LogP contribution in [0.3, 0.4) is 0 Å². The van der Waals surface area contributed by atoms with E-state index in [1.807, 2.05) is 25.1 Å². The fourth-order valence-corrected chi connectivity index (χ4v) is 1.33. The van der Waals surface area contributed by atoms with Gasteiger partial charge < -0.3 is 4.79 Å². The van der Waals surface area contributed by atoms with Gasteiger partial charge in [0.05, 0.1) is 0 Å². The maximum atomic E-state index is 10.9. The number of aryl methyl sites for hydroxylation is 1. The van der Waals surface area contributed by atoms with Crippen LogP contribution in [-0.2, 0) is 0 Å². The van der Waals surface area contributed by atoms with Crippen molar-refractivity contribution in [2.75, 3.05) is 0 Å². The van der Waals surface area contributed by atoms with E-state index in [4.69, 9.17) is 0 Å². The summed E-state index contributed by atoms with van der Waals surface area (Å²) >= 11 is 2.23. The quantitative estimate of drug-likeness (QED) is 0.549. The topological polar surface area (TPSA) is 17.1 Å². The summed E-state index contributed by atoms with van der Waals surface area (Å²) < 4.78 is 1.15. The Bertz CT molecular complexity index is 296. The number of halogens is 1. The Labute approximate surface area is 80.7 Å². The zero-order valence-corrected chi connectivity index (χ0v) is 8.68. The molecule has 0 heterocycles. The molecule has 11 heavy (non-hydrogen) atoms. The smallest absolute Gasteiger partial charge is 0.193 e. The third kappa shape index (κ3) is 2.05. The van der Waals surface area contributed by atoms with Gasteiger partial charge in [-0.05, 0) is 41.1 Å². The lowest BCUT2D eigenvalue weighted by atomic mass is 9.94. The molecule has 3 heteroatoms. The van der Waals surface area contributed by atoms with Crippen molar-refractivity contribution in [1.29, 1.82) is 0 Å². The van der Waals surface area contributed by atoms with Gasteiger partial charge in [-0.3, -0.25) is 0 Å². The van der Waals surface area contributed by atoms with E-state index in [-0.39, 0.29) is 5.68 Å². The van der Waals surface area contributed by atoms with E-state index < -0.39 is 0 Å². The molecule has 0 bridgehead atoms. The number of hydrogen-bond donors (Lipinski definition) is 0. The van der Waals surface area contributed by atoms with Gasteiger partial charge in [0.25, 0.3) is 0 Å². The van der Waals surface area contributed by atoms with Gasteiger partial charge in [-0.25, -0.2) is 0 Å². The predicted molar refractivity (Wildman–Crippen MR) is 56.8 cm³/mol. The third-order valence-corrected chi connectivity index (χ3v) is 2.74. The van der Waals surface area contributed by atoms with Crippen molar-refractivity contribution in [3.05, 3.63) is 32.9 Å². The monoisotopic (exact) mass is 258 g/mol. The Balaban J connectivity index is 3.15. The van der Waals surface area contributed by atoms with Crippen molar-refractivity contribution in [2.45, 2.75) is 6.92 Å². The summed E-state index contributed by atoms with van der Waals surface area (Å²) in [5, 5.41) is 0. The molecule has 56 valence electrons. The summed E-state index contributed by atoms with van der Waals surface area (Å²) in [6, 6.07) is 5.75. The molecule has 0 saturated carbocycles. The van der Waals surface area contributed by atoms with Gasteiger partial charge in [0, 0.05) is 9.13 Å². The van der Waals surface area contributed by atoms with Crippen LogP contribution in [0.1, 0.15) is 15.9 Å². The van der Waals surface area contributed by atoms with Crippen LogP contribution in [0.15, 0.2) is 18.2 Å². The molecule has 0 aliphatic heterocycles. The van der Waals surface area contributed by atoms with Gasteiger partial charge in [-0.15, -0.1) is 0 Å². The Hall–Kier alpha value is -0.315. The molecule has 0 atom stereocenters. The number of carbonyl (C=O) groups is 1. The van der Waals surface area contributed by atoms with Gasteiger partial charge in [-0.1, -0.05) is 12.1 Å². The first-order valence-electron chi connectivity index (χ1n) is 3.38. The van der Waals surface area contributed by atoms with E-state index >= 15 is 0 Å². The largest absolute Gasteiger partial charge is 0.307 e. The lowest BCUT2D eigenvalue weighted by molar-refractivity contribution is 0.108. The summed E-state index contributed by atoms with van der Waals surface area (Å²) in [7, 11) is 1.58. The molecular weight excluding hydrogens is 250 g/mol. The van der Waals surface area contributed by atoms with E-state index in [0.717, 1.165) is 9.13 Å². The molecule has 0 fully saturated rings. The summed E-state index contributed by atoms with van der Waals surface area (Å²) in [6.07, 6.45) is 0. The normalized spacial score (nSPS) is 9.64. The molecule has 0 aromatic heterocycles. The molecule has 1 aromatic rings. The first-order valence-corrected chi connectivity index (χ1v) is 4.46. The maximum absolute atomic E-state index is 10.9. The second-order valence-corrected chi connectivity index (χ2v) is 3.68. The van der Waals surface area contributed by atoms with Crippen LogP contribution >= 0.6 is 22.6 Å². The van der Waals surface area contributed by atoms with Crippen LogP contribution in [0.2, 0.25) is 0 Å². The minimum atomic E-state index is 0.128. The Morgan fingerprint density at radius 3 is 2.64 bits per heavy atom. The number of benzene rings is 1. The van der Waals surface area contributed by atoms with E-state index in [1.165, 1.54) is 5.56 Å². The van der Waals surface area contributed by atoms with Crippen molar-refractivity contribution < 1.29 is 4.79 Å². The molecule has 1 nitrogen and oxygen atoms in total. The zero-order chi connectivity index (χ0) is 8.43. The standard InChI is InChI=1S/C8H8BIO/c1-5-2-3-6(8(9)11)4-7(5)10/h2-4H,9H2,1H3. The van der Waals surface area contributed by atoms with Crippen LogP contribution in [0.4, 0.5) is 0 Å². The van der Waals surface area contributed by atoms with Crippen LogP contribution < -0.4 is 0 Å². The predicted octanol–water partition coefficient (Wildman–Crippen LogP) is 1.37. The Morgan fingerprint density at radius 1 is 1.55 bits per heavy atom. The van der Waals surface area contributed by atoms with Gasteiger partial charge in [0.2, 0.25) is 0 Å². The van der Waals surface area contributed by atoms with Crippen LogP contribution in [0.25, 0.3) is 0 Å². The summed E-state index contributed by atoms with van der Waals surface area (Å²) in [4.78, 5) is 10.9. The number of carbonyl (C=O) groups excluding carboxylic acids is 1. The van der Waals surface area contributed by atoms with Crippen molar-refractivity contribution in [3.8, 4) is 0 Å². The molecule has 0 N–H and O–H groups in total. The fourth-order valence-electron chi connectivity index (χ4n) is 0.812. The second-order valence-electron chi connectivity index (χ2n) is 2.52. The molecule has 1 rings (SSSR count). The number of hydrogen-bond acceptors (Lipinski definition) is 1. The highest BCUT2D eigenvalue weighted by Gasteiger charge is 2.00. The zero-order valence-electron chi connectivity index (χ0n) is 6.52. The van der Waals surface area contributed by atoms with Gasteiger partial charge in [-0.2, -0.15) is 0 Å². The molecule has 0 amide bonds. The molecule has 0 radical (unpaired) electrons. The fraction of sp³-hybridized carbons (Fsp3) is 0.125. The van der Waals surface area contributed by atoms with Crippen molar-refractivity contribution in [3.63, 3.8) is 0 Å². The van der Waals surface area contributed by atoms with Crippen molar-refractivity contribution >= 4 is 36.1 Å². The maximum Gasteiger partial charge on any atom is 0.193 e. The third-order valence-electron chi connectivity index (χ3n) is 1.58. The minimum Gasteiger partial charge on any atom is -0.307 e. The summed E-state index contributed by atoms with van der Waals surface area (Å²) in [5.74, 6) is 0. The van der Waals surface area contributed by atoms with Crippen LogP contribution in [-0.4, -0.2) is 13.5 Å². The average Bonchev–Trinajstić information content (AvgIpc) is 1.94. The van der Waals surface area contributed by atoms with Gasteiger partial charge >= 0.3 is 0 Å². The van der Waals surface area contributed by atoms with Crippen LogP contribution in [0.5, 0.6) is 0 Å². The molecular formula is C8H8BIO. The average molecular weight is 258 g/mol. The minimum absolute atomic E-state index is 0.128. The van der Waals surface area contributed by atoms with Gasteiger partial charge in [0.1, 0.15) is 5.68 Å². The van der Waals surface area contributed by atoms with E-state index in [0.29, 0.717) is 0 Å². The van der Waals surface area contributed by atoms with Crippen LogP contribution in [0, 0.1) is 10.5 Å². The second kappa shape index (κ2) is 3.39. The van der Waals surface area contributed by atoms with E-state index in [1.54, 1.807) is 7.85 Å². The summed E-state index contributed by atoms with van der Waals surface area (Å²) in [6.45, 7) is 2.03. The first-order chi connectivity index (χ1) is 5.11. The van der Waals surface area contributed by atoms with Crippen molar-refractivity contribution in [2.24, 2.45) is 0 Å².